The van der Waals surface area contributed by atoms with E-state index >= 15 is 0 Å². The van der Waals surface area contributed by atoms with Crippen LogP contribution in [0.5, 0.6) is 11.5 Å². The summed E-state index contributed by atoms with van der Waals surface area (Å²) in [6.45, 7) is 4.04. The molecule has 0 radical (unpaired) electrons. The van der Waals surface area contributed by atoms with Crippen molar-refractivity contribution in [1.29, 1.82) is 0 Å². The van der Waals surface area contributed by atoms with E-state index < -0.39 is 0 Å². The highest BCUT2D eigenvalue weighted by Crippen LogP contribution is 2.22. The van der Waals surface area contributed by atoms with Crippen LogP contribution in [0, 0.1) is 13.8 Å². The Bertz CT molecular complexity index is 824. The van der Waals surface area contributed by atoms with Gasteiger partial charge in [-0.15, -0.1) is 0 Å². The Morgan fingerprint density at radius 2 is 1.71 bits per heavy atom. The van der Waals surface area contributed by atoms with E-state index in [1.54, 1.807) is 4.68 Å². The summed E-state index contributed by atoms with van der Waals surface area (Å²) in [4.78, 5) is 12.1. The van der Waals surface area contributed by atoms with Gasteiger partial charge in [-0.3, -0.25) is 9.48 Å². The predicted octanol–water partition coefficient (Wildman–Crippen LogP) is 3.93. The van der Waals surface area contributed by atoms with Crippen molar-refractivity contribution >= 4 is 11.6 Å². The number of carbonyl (C=O) groups excluding carboxylic acids is 1. The molecule has 0 aliphatic rings. The second-order valence-corrected chi connectivity index (χ2v) is 5.57. The molecule has 5 heteroatoms. The topological polar surface area (TPSA) is 56.2 Å². The van der Waals surface area contributed by atoms with Crippen LogP contribution in [-0.2, 0) is 11.3 Å². The lowest BCUT2D eigenvalue weighted by Gasteiger charge is -2.09. The van der Waals surface area contributed by atoms with Gasteiger partial charge in [-0.05, 0) is 56.3 Å². The zero-order chi connectivity index (χ0) is 16.9. The molecule has 0 unspecified atom stereocenters. The number of rotatable bonds is 5. The molecule has 3 aromatic rings. The molecule has 24 heavy (non-hydrogen) atoms. The van der Waals surface area contributed by atoms with Crippen molar-refractivity contribution < 1.29 is 9.53 Å². The molecule has 1 heterocycles. The van der Waals surface area contributed by atoms with Crippen LogP contribution in [0.3, 0.4) is 0 Å². The van der Waals surface area contributed by atoms with Crippen LogP contribution in [0.15, 0.2) is 60.7 Å². The zero-order valence-corrected chi connectivity index (χ0v) is 13.7. The van der Waals surface area contributed by atoms with Gasteiger partial charge in [-0.1, -0.05) is 18.2 Å². The van der Waals surface area contributed by atoms with Gasteiger partial charge in [0, 0.05) is 11.4 Å². The zero-order valence-electron chi connectivity index (χ0n) is 13.7. The third-order valence-electron chi connectivity index (χ3n) is 3.51. The first-order valence-corrected chi connectivity index (χ1v) is 7.74. The summed E-state index contributed by atoms with van der Waals surface area (Å²) >= 11 is 0. The van der Waals surface area contributed by atoms with Crippen molar-refractivity contribution in [1.82, 2.24) is 9.78 Å². The second kappa shape index (κ2) is 7.00. The number of carbonyl (C=O) groups is 1. The molecule has 0 fully saturated rings. The monoisotopic (exact) mass is 321 g/mol. The number of aromatic nitrogens is 2. The maximum absolute atomic E-state index is 12.1. The van der Waals surface area contributed by atoms with Crippen LogP contribution in [0.4, 0.5) is 5.69 Å². The van der Waals surface area contributed by atoms with E-state index in [9.17, 15) is 4.79 Å². The Labute approximate surface area is 140 Å². The molecule has 1 aromatic heterocycles. The minimum Gasteiger partial charge on any atom is -0.457 e. The standard InChI is InChI=1S/C19H19N3O2/c1-14-12-15(2)22(21-14)13-19(23)20-16-8-10-18(11-9-16)24-17-6-4-3-5-7-17/h3-12H,13H2,1-2H3,(H,20,23). The average Bonchev–Trinajstić information content (AvgIpc) is 2.87. The van der Waals surface area contributed by atoms with E-state index in [4.69, 9.17) is 4.74 Å². The van der Waals surface area contributed by atoms with E-state index in [1.807, 2.05) is 74.5 Å². The van der Waals surface area contributed by atoms with Gasteiger partial charge in [-0.25, -0.2) is 0 Å². The summed E-state index contributed by atoms with van der Waals surface area (Å²) in [6.07, 6.45) is 0. The molecule has 0 saturated heterocycles. The number of para-hydroxylation sites is 1. The van der Waals surface area contributed by atoms with Crippen LogP contribution in [-0.4, -0.2) is 15.7 Å². The molecule has 0 aliphatic heterocycles. The fourth-order valence-electron chi connectivity index (χ4n) is 2.40. The molecule has 0 saturated carbocycles. The molecular weight excluding hydrogens is 302 g/mol. The van der Waals surface area contributed by atoms with E-state index in [-0.39, 0.29) is 12.5 Å². The Morgan fingerprint density at radius 1 is 1.04 bits per heavy atom. The molecule has 0 atom stereocenters. The van der Waals surface area contributed by atoms with E-state index in [1.165, 1.54) is 0 Å². The summed E-state index contributed by atoms with van der Waals surface area (Å²) in [5.41, 5.74) is 2.60. The fraction of sp³-hybridized carbons (Fsp3) is 0.158. The van der Waals surface area contributed by atoms with Crippen molar-refractivity contribution in [3.8, 4) is 11.5 Å². The number of aryl methyl sites for hydroxylation is 2. The number of nitrogens with one attached hydrogen (secondary N) is 1. The van der Waals surface area contributed by atoms with Gasteiger partial charge in [-0.2, -0.15) is 5.10 Å². The van der Waals surface area contributed by atoms with Crippen LogP contribution < -0.4 is 10.1 Å². The third-order valence-corrected chi connectivity index (χ3v) is 3.51. The van der Waals surface area contributed by atoms with Crippen molar-refractivity contribution in [2.75, 3.05) is 5.32 Å². The van der Waals surface area contributed by atoms with E-state index in [2.05, 4.69) is 10.4 Å². The van der Waals surface area contributed by atoms with Gasteiger partial charge < -0.3 is 10.1 Å². The number of nitrogens with zero attached hydrogens (tertiary/aromatic N) is 2. The first-order chi connectivity index (χ1) is 11.6. The maximum Gasteiger partial charge on any atom is 0.246 e. The fourth-order valence-corrected chi connectivity index (χ4v) is 2.40. The van der Waals surface area contributed by atoms with Gasteiger partial charge >= 0.3 is 0 Å². The van der Waals surface area contributed by atoms with Crippen molar-refractivity contribution in [2.24, 2.45) is 0 Å². The minimum absolute atomic E-state index is 0.113. The molecule has 5 nitrogen and oxygen atoms in total. The summed E-state index contributed by atoms with van der Waals surface area (Å²) < 4.78 is 7.42. The molecule has 2 aromatic carbocycles. The molecule has 1 N–H and O–H groups in total. The van der Waals surface area contributed by atoms with Gasteiger partial charge in [0.1, 0.15) is 18.0 Å². The van der Waals surface area contributed by atoms with Crippen LogP contribution in [0.2, 0.25) is 0 Å². The lowest BCUT2D eigenvalue weighted by atomic mass is 10.3. The molecule has 0 bridgehead atoms. The lowest BCUT2D eigenvalue weighted by Crippen LogP contribution is -2.20. The molecular formula is C19H19N3O2. The SMILES string of the molecule is Cc1cc(C)n(CC(=O)Nc2ccc(Oc3ccccc3)cc2)n1. The first kappa shape index (κ1) is 15.8. The molecule has 0 aliphatic carbocycles. The number of anilines is 1. The second-order valence-electron chi connectivity index (χ2n) is 5.57. The first-order valence-electron chi connectivity index (χ1n) is 7.74. The molecule has 1 amide bonds. The van der Waals surface area contributed by atoms with Gasteiger partial charge in [0.15, 0.2) is 0 Å². The maximum atomic E-state index is 12.1. The normalized spacial score (nSPS) is 10.4. The molecule has 3 rings (SSSR count). The van der Waals surface area contributed by atoms with Crippen molar-refractivity contribution in [3.05, 3.63) is 72.1 Å². The number of amides is 1. The largest absolute Gasteiger partial charge is 0.457 e. The lowest BCUT2D eigenvalue weighted by molar-refractivity contribution is -0.116. The third kappa shape index (κ3) is 4.01. The average molecular weight is 321 g/mol. The Morgan fingerprint density at radius 3 is 2.33 bits per heavy atom. The highest BCUT2D eigenvalue weighted by molar-refractivity contribution is 5.90. The summed E-state index contributed by atoms with van der Waals surface area (Å²) in [7, 11) is 0. The smallest absolute Gasteiger partial charge is 0.246 e. The minimum atomic E-state index is -0.113. The van der Waals surface area contributed by atoms with Crippen LogP contribution in [0.25, 0.3) is 0 Å². The number of ether oxygens (including phenoxy) is 1. The Balaban J connectivity index is 1.59. The highest BCUT2D eigenvalue weighted by Gasteiger charge is 2.07. The van der Waals surface area contributed by atoms with Crippen LogP contribution >= 0.6 is 0 Å². The van der Waals surface area contributed by atoms with E-state index in [0.29, 0.717) is 0 Å². The van der Waals surface area contributed by atoms with Gasteiger partial charge in [0.05, 0.1) is 5.69 Å². The summed E-state index contributed by atoms with van der Waals surface area (Å²) in [6, 6.07) is 18.8. The quantitative estimate of drug-likeness (QED) is 0.774. The van der Waals surface area contributed by atoms with Crippen molar-refractivity contribution in [3.63, 3.8) is 0 Å². The predicted molar refractivity (Wildman–Crippen MR) is 93.3 cm³/mol. The van der Waals surface area contributed by atoms with Crippen LogP contribution in [0.1, 0.15) is 11.4 Å². The number of hydrogen-bond donors (Lipinski definition) is 1. The highest BCUT2D eigenvalue weighted by atomic mass is 16.5. The Kier molecular flexibility index (Phi) is 4.61. The summed E-state index contributed by atoms with van der Waals surface area (Å²) in [5.74, 6) is 1.38. The number of hydrogen-bond acceptors (Lipinski definition) is 3. The Hall–Kier alpha value is -3.08. The molecule has 0 spiro atoms. The molecule has 122 valence electrons. The van der Waals surface area contributed by atoms with Gasteiger partial charge in [0.2, 0.25) is 5.91 Å². The van der Waals surface area contributed by atoms with Gasteiger partial charge in [0.25, 0.3) is 0 Å². The van der Waals surface area contributed by atoms with E-state index in [0.717, 1.165) is 28.6 Å². The van der Waals surface area contributed by atoms with Crippen molar-refractivity contribution in [2.45, 2.75) is 20.4 Å². The summed E-state index contributed by atoms with van der Waals surface area (Å²) in [5, 5.41) is 7.15. The number of benzene rings is 2.